The van der Waals surface area contributed by atoms with Gasteiger partial charge >= 0.3 is 5.76 Å². The first-order chi connectivity index (χ1) is 14.2. The van der Waals surface area contributed by atoms with Crippen LogP contribution < -0.4 is 5.76 Å². The van der Waals surface area contributed by atoms with Crippen molar-refractivity contribution in [3.05, 3.63) is 57.3 Å². The van der Waals surface area contributed by atoms with Crippen LogP contribution in [-0.2, 0) is 11.3 Å². The van der Waals surface area contributed by atoms with Crippen molar-refractivity contribution in [2.24, 2.45) is 0 Å². The third kappa shape index (κ3) is 3.51. The SMILES string of the molecule is O=C(CCn1nc(-c2cccs2)oc1=O)N1CCCC1c1nc2ccccc2s1. The van der Waals surface area contributed by atoms with E-state index in [1.807, 2.05) is 40.6 Å². The summed E-state index contributed by atoms with van der Waals surface area (Å²) >= 11 is 3.10. The highest BCUT2D eigenvalue weighted by atomic mass is 32.1. The summed E-state index contributed by atoms with van der Waals surface area (Å²) in [7, 11) is 0. The van der Waals surface area contributed by atoms with Gasteiger partial charge in [0.25, 0.3) is 5.89 Å². The van der Waals surface area contributed by atoms with Gasteiger partial charge < -0.3 is 9.32 Å². The molecular formula is C20H18N4O3S2. The minimum Gasteiger partial charge on any atom is -0.387 e. The Balaban J connectivity index is 1.30. The van der Waals surface area contributed by atoms with Crippen molar-refractivity contribution >= 4 is 38.8 Å². The van der Waals surface area contributed by atoms with Crippen molar-refractivity contribution in [1.82, 2.24) is 19.7 Å². The molecule has 0 bridgehead atoms. The molecular weight excluding hydrogens is 408 g/mol. The van der Waals surface area contributed by atoms with E-state index in [2.05, 4.69) is 11.2 Å². The summed E-state index contributed by atoms with van der Waals surface area (Å²) in [6, 6.07) is 11.8. The van der Waals surface area contributed by atoms with Gasteiger partial charge in [0.1, 0.15) is 5.01 Å². The zero-order valence-corrected chi connectivity index (χ0v) is 17.1. The van der Waals surface area contributed by atoms with E-state index in [9.17, 15) is 9.59 Å². The van der Waals surface area contributed by atoms with Crippen LogP contribution in [0, 0.1) is 0 Å². The van der Waals surface area contributed by atoms with Crippen LogP contribution in [0.25, 0.3) is 21.0 Å². The number of aromatic nitrogens is 3. The van der Waals surface area contributed by atoms with Crippen LogP contribution in [0.3, 0.4) is 0 Å². The van der Waals surface area contributed by atoms with Gasteiger partial charge in [0.2, 0.25) is 5.91 Å². The predicted octanol–water partition coefficient (Wildman–Crippen LogP) is 3.93. The number of hydrogen-bond donors (Lipinski definition) is 0. The van der Waals surface area contributed by atoms with Crippen molar-refractivity contribution in [2.45, 2.75) is 31.8 Å². The summed E-state index contributed by atoms with van der Waals surface area (Å²) < 4.78 is 7.58. The van der Waals surface area contributed by atoms with Gasteiger partial charge in [-0.3, -0.25) is 4.79 Å². The van der Waals surface area contributed by atoms with E-state index in [0.29, 0.717) is 12.4 Å². The van der Waals surface area contributed by atoms with Crippen molar-refractivity contribution in [3.63, 3.8) is 0 Å². The molecule has 1 fully saturated rings. The summed E-state index contributed by atoms with van der Waals surface area (Å²) in [6.45, 7) is 0.920. The average molecular weight is 427 g/mol. The number of fused-ring (bicyclic) bond motifs is 1. The first-order valence-corrected chi connectivity index (χ1v) is 11.2. The molecule has 9 heteroatoms. The Morgan fingerprint density at radius 2 is 2.14 bits per heavy atom. The van der Waals surface area contributed by atoms with E-state index in [1.54, 1.807) is 11.3 Å². The van der Waals surface area contributed by atoms with Gasteiger partial charge in [-0.25, -0.2) is 9.78 Å². The highest BCUT2D eigenvalue weighted by molar-refractivity contribution is 7.18. The molecule has 1 aliphatic rings. The Bertz CT molecular complexity index is 1180. The lowest BCUT2D eigenvalue weighted by atomic mass is 10.2. The smallest absolute Gasteiger partial charge is 0.387 e. The molecule has 29 heavy (non-hydrogen) atoms. The fourth-order valence-electron chi connectivity index (χ4n) is 3.65. The van der Waals surface area contributed by atoms with Gasteiger partial charge in [-0.1, -0.05) is 18.2 Å². The first-order valence-electron chi connectivity index (χ1n) is 9.46. The van der Waals surface area contributed by atoms with E-state index in [1.165, 1.54) is 16.0 Å². The number of amides is 1. The van der Waals surface area contributed by atoms with Crippen LogP contribution in [-0.4, -0.2) is 32.1 Å². The Morgan fingerprint density at radius 3 is 2.97 bits per heavy atom. The second-order valence-corrected chi connectivity index (χ2v) is 8.90. The second kappa shape index (κ2) is 7.57. The topological polar surface area (TPSA) is 81.2 Å². The fraction of sp³-hybridized carbons (Fsp3) is 0.300. The first kappa shape index (κ1) is 18.3. The van der Waals surface area contributed by atoms with Gasteiger partial charge in [-0.2, -0.15) is 4.68 Å². The number of para-hydroxylation sites is 1. The summed E-state index contributed by atoms with van der Waals surface area (Å²) in [5, 5.41) is 7.10. The Hall–Kier alpha value is -2.78. The normalized spacial score (nSPS) is 16.7. The largest absolute Gasteiger partial charge is 0.437 e. The molecule has 3 aromatic heterocycles. The molecule has 1 aromatic carbocycles. The Kier molecular flexibility index (Phi) is 4.76. The minimum atomic E-state index is -0.537. The molecule has 1 amide bonds. The van der Waals surface area contributed by atoms with E-state index in [-0.39, 0.29) is 24.9 Å². The van der Waals surface area contributed by atoms with Crippen molar-refractivity contribution in [3.8, 4) is 10.8 Å². The predicted molar refractivity (Wildman–Crippen MR) is 112 cm³/mol. The number of carbonyl (C=O) groups excluding carboxylic acids is 1. The van der Waals surface area contributed by atoms with Crippen LogP contribution in [0.4, 0.5) is 0 Å². The molecule has 7 nitrogen and oxygen atoms in total. The fourth-order valence-corrected chi connectivity index (χ4v) is 5.41. The van der Waals surface area contributed by atoms with Gasteiger partial charge in [-0.15, -0.1) is 27.8 Å². The number of thiazole rings is 1. The van der Waals surface area contributed by atoms with Crippen LogP contribution in [0.15, 0.2) is 51.0 Å². The number of rotatable bonds is 5. The number of likely N-dealkylation sites (tertiary alicyclic amines) is 1. The third-order valence-corrected chi connectivity index (χ3v) is 7.04. The summed E-state index contributed by atoms with van der Waals surface area (Å²) in [5.41, 5.74) is 0.974. The van der Waals surface area contributed by atoms with Gasteiger partial charge in [-0.05, 0) is 36.4 Å². The maximum Gasteiger partial charge on any atom is 0.437 e. The second-order valence-electron chi connectivity index (χ2n) is 6.89. The van der Waals surface area contributed by atoms with Crippen molar-refractivity contribution in [1.29, 1.82) is 0 Å². The molecule has 148 valence electrons. The lowest BCUT2D eigenvalue weighted by Crippen LogP contribution is -2.32. The molecule has 5 rings (SSSR count). The van der Waals surface area contributed by atoms with Crippen LogP contribution in [0.2, 0.25) is 0 Å². The van der Waals surface area contributed by atoms with Gasteiger partial charge in [0, 0.05) is 13.0 Å². The standard InChI is InChI=1S/C20H18N4O3S2/c25-17(9-11-24-20(26)27-18(22-24)16-8-4-12-28-16)23-10-3-6-14(23)19-21-13-5-1-2-7-15(13)29-19/h1-2,4-5,7-8,12,14H,3,6,9-11H2. The molecule has 4 heterocycles. The van der Waals surface area contributed by atoms with Gasteiger partial charge in [0.05, 0.1) is 27.7 Å². The quantitative estimate of drug-likeness (QED) is 0.483. The third-order valence-electron chi connectivity index (χ3n) is 5.04. The van der Waals surface area contributed by atoms with Crippen LogP contribution >= 0.6 is 22.7 Å². The molecule has 0 saturated carbocycles. The van der Waals surface area contributed by atoms with Crippen LogP contribution in [0.1, 0.15) is 30.3 Å². The highest BCUT2D eigenvalue weighted by Crippen LogP contribution is 2.36. The van der Waals surface area contributed by atoms with Crippen molar-refractivity contribution in [2.75, 3.05) is 6.54 Å². The highest BCUT2D eigenvalue weighted by Gasteiger charge is 2.32. The molecule has 0 aliphatic carbocycles. The maximum atomic E-state index is 12.9. The monoisotopic (exact) mass is 426 g/mol. The lowest BCUT2D eigenvalue weighted by molar-refractivity contribution is -0.132. The molecule has 4 aromatic rings. The molecule has 1 atom stereocenters. The lowest BCUT2D eigenvalue weighted by Gasteiger charge is -2.23. The molecule has 1 saturated heterocycles. The van der Waals surface area contributed by atoms with Gasteiger partial charge in [0.15, 0.2) is 0 Å². The molecule has 1 unspecified atom stereocenters. The Labute approximate surface area is 174 Å². The summed E-state index contributed by atoms with van der Waals surface area (Å²) in [6.07, 6.45) is 2.08. The molecule has 1 aliphatic heterocycles. The number of hydrogen-bond acceptors (Lipinski definition) is 7. The van der Waals surface area contributed by atoms with E-state index >= 15 is 0 Å². The molecule has 0 N–H and O–H groups in total. The number of nitrogens with zero attached hydrogens (tertiary/aromatic N) is 4. The maximum absolute atomic E-state index is 12.9. The molecule has 0 radical (unpaired) electrons. The number of aryl methyl sites for hydroxylation is 1. The summed E-state index contributed by atoms with van der Waals surface area (Å²) in [4.78, 5) is 32.4. The average Bonchev–Trinajstić information content (AvgIpc) is 3.51. The zero-order chi connectivity index (χ0) is 19.8. The summed E-state index contributed by atoms with van der Waals surface area (Å²) in [5.74, 6) is -0.226. The van der Waals surface area contributed by atoms with E-state index in [4.69, 9.17) is 9.40 Å². The Morgan fingerprint density at radius 1 is 1.24 bits per heavy atom. The molecule has 0 spiro atoms. The minimum absolute atomic E-state index is 0.00982. The van der Waals surface area contributed by atoms with Crippen LogP contribution in [0.5, 0.6) is 0 Å². The van der Waals surface area contributed by atoms with E-state index in [0.717, 1.165) is 32.9 Å². The number of benzene rings is 1. The van der Waals surface area contributed by atoms with E-state index < -0.39 is 5.76 Å². The zero-order valence-electron chi connectivity index (χ0n) is 15.5. The number of thiophene rings is 1. The number of carbonyl (C=O) groups is 1. The van der Waals surface area contributed by atoms with Crippen molar-refractivity contribution < 1.29 is 9.21 Å².